The monoisotopic (exact) mass is 416 g/mol. The number of rotatable bonds is 2. The number of ketones is 2. The Bertz CT molecular complexity index is 953. The fourth-order valence-corrected chi connectivity index (χ4v) is 7.33. The average molecular weight is 416 g/mol. The van der Waals surface area contributed by atoms with Crippen molar-refractivity contribution in [1.29, 1.82) is 0 Å². The summed E-state index contributed by atoms with van der Waals surface area (Å²) in [6.07, 6.45) is -1.75. The third-order valence-electron chi connectivity index (χ3n) is 8.46. The van der Waals surface area contributed by atoms with Crippen molar-refractivity contribution in [3.63, 3.8) is 0 Å². The highest BCUT2D eigenvalue weighted by molar-refractivity contribution is 6.06. The van der Waals surface area contributed by atoms with Crippen molar-refractivity contribution in [2.75, 3.05) is 14.2 Å². The molecule has 5 heterocycles. The Hall–Kier alpha value is -1.58. The van der Waals surface area contributed by atoms with Crippen LogP contribution in [0.2, 0.25) is 0 Å². The fraction of sp³-hybridized carbons (Fsp3) is 0.727. The Morgan fingerprint density at radius 3 is 2.37 bits per heavy atom. The van der Waals surface area contributed by atoms with Crippen molar-refractivity contribution in [1.82, 2.24) is 0 Å². The van der Waals surface area contributed by atoms with Gasteiger partial charge in [-0.15, -0.1) is 0 Å². The Morgan fingerprint density at radius 2 is 1.63 bits per heavy atom. The van der Waals surface area contributed by atoms with Gasteiger partial charge in [-0.3, -0.25) is 9.59 Å². The zero-order chi connectivity index (χ0) is 20.7. The molecule has 0 N–H and O–H groups in total. The van der Waals surface area contributed by atoms with Crippen molar-refractivity contribution in [3.05, 3.63) is 23.0 Å². The SMILES string of the molecule is CO[C@H]1C2=CO[C@H](C)[C@H]3[C@H]4C5=C([C@H](OC)[C@H]6O[C@H]6C5=O)[C@H](O[C@@H]4C)[C@@]23C(=O)[C@@H]2O[C@@H]21. The smallest absolute Gasteiger partial charge is 0.190 e. The molecule has 160 valence electrons. The Morgan fingerprint density at radius 1 is 0.933 bits per heavy atom. The van der Waals surface area contributed by atoms with Crippen LogP contribution in [0.5, 0.6) is 0 Å². The molecular weight excluding hydrogens is 392 g/mol. The normalized spacial score (nSPS) is 56.8. The van der Waals surface area contributed by atoms with Crippen molar-refractivity contribution >= 4 is 11.6 Å². The first-order chi connectivity index (χ1) is 14.5. The standard InChI is InChI=1S/C22H24O8/c1-6-9-10-11(15(26-4)18-16(29-18)13(10)23)21(28-6)22-8(5-27-7(2)12(9)22)14(25-3)17-19(30-17)20(22)24/h5-7,9,12,14-19,21H,1-4H3/t6-,7-,9-,12+,14+,15+,16+,17-,18-,19-,21+,22+/m1/s1. The van der Waals surface area contributed by atoms with Crippen molar-refractivity contribution in [2.24, 2.45) is 17.3 Å². The van der Waals surface area contributed by atoms with E-state index in [0.717, 1.165) is 16.7 Å². The molecule has 3 aliphatic carbocycles. The molecule has 1 spiro atoms. The third-order valence-corrected chi connectivity index (χ3v) is 8.46. The molecule has 8 rings (SSSR count). The molecule has 3 saturated heterocycles. The predicted molar refractivity (Wildman–Crippen MR) is 98.3 cm³/mol. The summed E-state index contributed by atoms with van der Waals surface area (Å²) >= 11 is 0. The van der Waals surface area contributed by atoms with E-state index in [0.29, 0.717) is 0 Å². The van der Waals surface area contributed by atoms with Crippen molar-refractivity contribution in [2.45, 2.75) is 68.8 Å². The molecule has 4 fully saturated rings. The number of methoxy groups -OCH3 is 2. The summed E-state index contributed by atoms with van der Waals surface area (Å²) < 4.78 is 35.7. The van der Waals surface area contributed by atoms with Crippen LogP contribution in [-0.4, -0.2) is 80.7 Å². The van der Waals surface area contributed by atoms with Crippen LogP contribution in [0.3, 0.4) is 0 Å². The lowest BCUT2D eigenvalue weighted by Crippen LogP contribution is -2.72. The Labute approximate surface area is 173 Å². The first kappa shape index (κ1) is 18.0. The number of hydrogen-bond acceptors (Lipinski definition) is 8. The van der Waals surface area contributed by atoms with Crippen LogP contribution in [0, 0.1) is 17.3 Å². The highest BCUT2D eigenvalue weighted by Crippen LogP contribution is 2.68. The summed E-state index contributed by atoms with van der Waals surface area (Å²) in [6.45, 7) is 3.95. The van der Waals surface area contributed by atoms with E-state index >= 15 is 0 Å². The molecular formula is C22H24O8. The molecule has 12 atom stereocenters. The summed E-state index contributed by atoms with van der Waals surface area (Å²) in [6, 6.07) is 0. The number of Topliss-reactive ketones (excluding diaryl/α,β-unsaturated/α-hetero) is 2. The van der Waals surface area contributed by atoms with E-state index in [2.05, 4.69) is 0 Å². The molecule has 0 aromatic heterocycles. The second kappa shape index (κ2) is 5.42. The van der Waals surface area contributed by atoms with Gasteiger partial charge < -0.3 is 28.4 Å². The molecule has 0 aromatic carbocycles. The van der Waals surface area contributed by atoms with Crippen molar-refractivity contribution < 1.29 is 38.0 Å². The minimum absolute atomic E-state index is 0.0127. The van der Waals surface area contributed by atoms with Crippen LogP contribution < -0.4 is 0 Å². The van der Waals surface area contributed by atoms with Gasteiger partial charge in [0.25, 0.3) is 0 Å². The minimum atomic E-state index is -0.981. The van der Waals surface area contributed by atoms with E-state index in [9.17, 15) is 9.59 Å². The number of epoxide rings is 2. The molecule has 1 saturated carbocycles. The van der Waals surface area contributed by atoms with Crippen LogP contribution in [0.15, 0.2) is 23.0 Å². The topological polar surface area (TPSA) is 96.1 Å². The van der Waals surface area contributed by atoms with Crippen LogP contribution in [0.25, 0.3) is 0 Å². The molecule has 2 bridgehead atoms. The maximum Gasteiger partial charge on any atom is 0.190 e. The minimum Gasteiger partial charge on any atom is -0.498 e. The number of fused-ring (bicyclic) bond motifs is 3. The van der Waals surface area contributed by atoms with Crippen LogP contribution in [0.4, 0.5) is 0 Å². The van der Waals surface area contributed by atoms with Gasteiger partial charge in [0.15, 0.2) is 11.6 Å². The second-order valence-electron chi connectivity index (χ2n) is 9.51. The first-order valence-corrected chi connectivity index (χ1v) is 10.7. The van der Waals surface area contributed by atoms with Crippen LogP contribution in [0.1, 0.15) is 13.8 Å². The lowest BCUT2D eigenvalue weighted by atomic mass is 9.45. The van der Waals surface area contributed by atoms with Gasteiger partial charge >= 0.3 is 0 Å². The summed E-state index contributed by atoms with van der Waals surface area (Å²) in [7, 11) is 3.25. The molecule has 0 unspecified atom stereocenters. The largest absolute Gasteiger partial charge is 0.498 e. The van der Waals surface area contributed by atoms with Gasteiger partial charge in [-0.1, -0.05) is 0 Å². The number of carbonyl (C=O) groups is 2. The third kappa shape index (κ3) is 1.73. The van der Waals surface area contributed by atoms with E-state index in [1.54, 1.807) is 20.5 Å². The molecule has 0 amide bonds. The van der Waals surface area contributed by atoms with Gasteiger partial charge in [0, 0.05) is 37.2 Å². The highest BCUT2D eigenvalue weighted by atomic mass is 16.6. The predicted octanol–water partition coefficient (Wildman–Crippen LogP) is 0.336. The van der Waals surface area contributed by atoms with E-state index < -0.39 is 29.8 Å². The quantitative estimate of drug-likeness (QED) is 0.595. The molecule has 8 heteroatoms. The molecule has 30 heavy (non-hydrogen) atoms. The zero-order valence-electron chi connectivity index (χ0n) is 17.2. The van der Waals surface area contributed by atoms with Crippen molar-refractivity contribution in [3.8, 4) is 0 Å². The molecule has 8 aliphatic rings. The van der Waals surface area contributed by atoms with E-state index in [-0.39, 0.29) is 53.9 Å². The molecule has 8 nitrogen and oxygen atoms in total. The lowest BCUT2D eigenvalue weighted by molar-refractivity contribution is -0.211. The van der Waals surface area contributed by atoms with Crippen LogP contribution in [-0.2, 0) is 38.0 Å². The Kier molecular flexibility index (Phi) is 3.26. The first-order valence-electron chi connectivity index (χ1n) is 10.7. The average Bonchev–Trinajstić information content (AvgIpc) is 3.64. The van der Waals surface area contributed by atoms with Gasteiger partial charge in [0.1, 0.15) is 36.6 Å². The summed E-state index contributed by atoms with van der Waals surface area (Å²) in [5.41, 5.74) is 1.30. The summed E-state index contributed by atoms with van der Waals surface area (Å²) in [5, 5.41) is 0. The number of hydrogen-bond donors (Lipinski definition) is 0. The molecule has 5 aliphatic heterocycles. The maximum absolute atomic E-state index is 14.0. The van der Waals surface area contributed by atoms with E-state index in [1.807, 2.05) is 13.8 Å². The van der Waals surface area contributed by atoms with Gasteiger partial charge in [-0.05, 0) is 19.4 Å². The number of ether oxygens (including phenoxy) is 6. The van der Waals surface area contributed by atoms with Gasteiger partial charge in [0.05, 0.1) is 30.0 Å². The Balaban J connectivity index is 1.51. The summed E-state index contributed by atoms with van der Waals surface area (Å²) in [4.78, 5) is 27.3. The zero-order valence-corrected chi connectivity index (χ0v) is 17.2. The number of carbonyl (C=O) groups excluding carboxylic acids is 2. The highest BCUT2D eigenvalue weighted by Gasteiger charge is 2.79. The van der Waals surface area contributed by atoms with Gasteiger partial charge in [0.2, 0.25) is 0 Å². The summed E-state index contributed by atoms with van der Waals surface area (Å²) in [5.74, 6) is -0.492. The lowest BCUT2D eigenvalue weighted by Gasteiger charge is -2.63. The van der Waals surface area contributed by atoms with E-state index in [4.69, 9.17) is 28.4 Å². The van der Waals surface area contributed by atoms with Gasteiger partial charge in [-0.2, -0.15) is 0 Å². The molecule has 0 radical (unpaired) electrons. The van der Waals surface area contributed by atoms with Crippen LogP contribution >= 0.6 is 0 Å². The molecule has 0 aromatic rings. The maximum atomic E-state index is 14.0. The second-order valence-corrected chi connectivity index (χ2v) is 9.51. The van der Waals surface area contributed by atoms with Gasteiger partial charge in [-0.25, -0.2) is 0 Å². The van der Waals surface area contributed by atoms with E-state index in [1.165, 1.54) is 0 Å². The fourth-order valence-electron chi connectivity index (χ4n) is 7.33.